The Hall–Kier alpha value is -1.89. The fourth-order valence-corrected chi connectivity index (χ4v) is 5.87. The van der Waals surface area contributed by atoms with Crippen molar-refractivity contribution in [2.24, 2.45) is 11.8 Å². The van der Waals surface area contributed by atoms with Crippen LogP contribution < -0.4 is 10.6 Å². The Morgan fingerprint density at radius 2 is 2.15 bits per heavy atom. The minimum absolute atomic E-state index is 0.120. The third-order valence-electron chi connectivity index (χ3n) is 6.69. The Morgan fingerprint density at radius 3 is 2.96 bits per heavy atom. The van der Waals surface area contributed by atoms with Gasteiger partial charge >= 0.3 is 6.03 Å². The number of amides is 4. The van der Waals surface area contributed by atoms with Crippen molar-refractivity contribution in [1.29, 1.82) is 0 Å². The molecule has 2 fully saturated rings. The fourth-order valence-electron chi connectivity index (χ4n) is 4.87. The van der Waals surface area contributed by atoms with E-state index in [1.165, 1.54) is 6.42 Å². The number of nitrogens with one attached hydrogen (secondary N) is 2. The monoisotopic (exact) mass is 389 g/mol. The molecule has 2 aliphatic carbocycles. The summed E-state index contributed by atoms with van der Waals surface area (Å²) in [6, 6.07) is 1.60. The molecule has 0 unspecified atom stereocenters. The number of rotatable bonds is 3. The van der Waals surface area contributed by atoms with Crippen LogP contribution in [0.2, 0.25) is 0 Å². The Balaban J connectivity index is 1.47. The van der Waals surface area contributed by atoms with Gasteiger partial charge in [-0.2, -0.15) is 0 Å². The first-order chi connectivity index (χ1) is 12.9. The zero-order valence-electron chi connectivity index (χ0n) is 15.9. The van der Waals surface area contributed by atoms with Gasteiger partial charge in [-0.1, -0.05) is 26.7 Å². The van der Waals surface area contributed by atoms with E-state index in [1.807, 2.05) is 11.4 Å². The van der Waals surface area contributed by atoms with Gasteiger partial charge in [0.25, 0.3) is 5.91 Å². The second-order valence-corrected chi connectivity index (χ2v) is 9.28. The summed E-state index contributed by atoms with van der Waals surface area (Å²) in [5.41, 5.74) is -0.0628. The van der Waals surface area contributed by atoms with Crippen LogP contribution in [-0.4, -0.2) is 35.3 Å². The molecule has 3 aliphatic rings. The average molecular weight is 390 g/mol. The Kier molecular flexibility index (Phi) is 4.74. The summed E-state index contributed by atoms with van der Waals surface area (Å²) in [7, 11) is 0. The molecule has 1 saturated heterocycles. The number of fused-ring (bicyclic) bond motifs is 2. The SMILES string of the molecule is C[C@H]1[C@@H](NC(=O)CN2C(=O)N[C@]3(CCCc4sccc43)C2=O)CCC[C@@H]1C. The predicted molar refractivity (Wildman–Crippen MR) is 103 cm³/mol. The number of carbonyl (C=O) groups excluding carboxylic acids is 3. The number of urea groups is 1. The van der Waals surface area contributed by atoms with Gasteiger partial charge < -0.3 is 10.6 Å². The van der Waals surface area contributed by atoms with E-state index in [1.54, 1.807) is 11.3 Å². The Labute approximate surface area is 163 Å². The zero-order chi connectivity index (χ0) is 19.2. The number of nitrogens with zero attached hydrogens (tertiary/aromatic N) is 1. The number of carbonyl (C=O) groups is 3. The van der Waals surface area contributed by atoms with Gasteiger partial charge in [-0.05, 0) is 49.0 Å². The van der Waals surface area contributed by atoms with Crippen LogP contribution >= 0.6 is 11.3 Å². The number of aryl methyl sites for hydroxylation is 1. The first-order valence-electron chi connectivity index (χ1n) is 9.92. The standard InChI is InChI=1S/C20H27N3O3S/c1-12-5-3-6-15(13(12)2)21-17(24)11-23-18(25)20(22-19(23)26)9-4-7-16-14(20)8-10-27-16/h8,10,12-13,15H,3-7,9,11H2,1-2H3,(H,21,24)(H,22,26)/t12-,13+,15-,20-/m0/s1. The lowest BCUT2D eigenvalue weighted by molar-refractivity contribution is -0.136. The van der Waals surface area contributed by atoms with Crippen molar-refractivity contribution in [2.45, 2.75) is 64.0 Å². The van der Waals surface area contributed by atoms with E-state index in [2.05, 4.69) is 24.5 Å². The number of hydrogen-bond acceptors (Lipinski definition) is 4. The zero-order valence-corrected chi connectivity index (χ0v) is 16.7. The van der Waals surface area contributed by atoms with E-state index >= 15 is 0 Å². The lowest BCUT2D eigenvalue weighted by atomic mass is 9.78. The van der Waals surface area contributed by atoms with E-state index < -0.39 is 11.6 Å². The smallest absolute Gasteiger partial charge is 0.325 e. The second kappa shape index (κ2) is 6.93. The molecular weight excluding hydrogens is 362 g/mol. The number of thiophene rings is 1. The highest BCUT2D eigenvalue weighted by atomic mass is 32.1. The normalized spacial score (nSPS) is 33.1. The van der Waals surface area contributed by atoms with Crippen LogP contribution in [-0.2, 0) is 21.5 Å². The molecule has 4 amide bonds. The van der Waals surface area contributed by atoms with E-state index in [-0.39, 0.29) is 24.4 Å². The van der Waals surface area contributed by atoms with Gasteiger partial charge in [0.05, 0.1) is 0 Å². The first-order valence-corrected chi connectivity index (χ1v) is 10.8. The van der Waals surface area contributed by atoms with Crippen molar-refractivity contribution in [3.05, 3.63) is 21.9 Å². The minimum Gasteiger partial charge on any atom is -0.352 e. The van der Waals surface area contributed by atoms with Crippen molar-refractivity contribution in [3.8, 4) is 0 Å². The van der Waals surface area contributed by atoms with Gasteiger partial charge in [-0.25, -0.2) is 4.79 Å². The molecule has 6 nitrogen and oxygen atoms in total. The molecule has 2 N–H and O–H groups in total. The van der Waals surface area contributed by atoms with Crippen LogP contribution in [0.1, 0.15) is 56.4 Å². The highest BCUT2D eigenvalue weighted by Crippen LogP contribution is 2.42. The summed E-state index contributed by atoms with van der Waals surface area (Å²) in [6.07, 6.45) is 5.64. The summed E-state index contributed by atoms with van der Waals surface area (Å²) in [5, 5.41) is 7.93. The van der Waals surface area contributed by atoms with Gasteiger partial charge in [-0.15, -0.1) is 11.3 Å². The van der Waals surface area contributed by atoms with Gasteiger partial charge in [-0.3, -0.25) is 14.5 Å². The third kappa shape index (κ3) is 3.06. The fraction of sp³-hybridized carbons (Fsp3) is 0.650. The van der Waals surface area contributed by atoms with Crippen LogP contribution in [0.25, 0.3) is 0 Å². The van der Waals surface area contributed by atoms with Crippen LogP contribution in [0.15, 0.2) is 11.4 Å². The van der Waals surface area contributed by atoms with E-state index in [0.29, 0.717) is 18.3 Å². The van der Waals surface area contributed by atoms with Gasteiger partial charge in [0, 0.05) is 16.5 Å². The van der Waals surface area contributed by atoms with Crippen LogP contribution in [0, 0.1) is 11.8 Å². The second-order valence-electron chi connectivity index (χ2n) is 8.28. The third-order valence-corrected chi connectivity index (χ3v) is 7.67. The lowest BCUT2D eigenvalue weighted by Crippen LogP contribution is -2.49. The molecule has 0 bridgehead atoms. The molecule has 0 radical (unpaired) electrons. The van der Waals surface area contributed by atoms with Gasteiger partial charge in [0.1, 0.15) is 12.1 Å². The summed E-state index contributed by atoms with van der Waals surface area (Å²) in [4.78, 5) is 40.6. The van der Waals surface area contributed by atoms with Crippen molar-refractivity contribution < 1.29 is 14.4 Å². The molecule has 2 heterocycles. The summed E-state index contributed by atoms with van der Waals surface area (Å²) in [6.45, 7) is 4.17. The summed E-state index contributed by atoms with van der Waals surface area (Å²) < 4.78 is 0. The highest BCUT2D eigenvalue weighted by Gasteiger charge is 2.54. The quantitative estimate of drug-likeness (QED) is 0.781. The van der Waals surface area contributed by atoms with E-state index in [9.17, 15) is 14.4 Å². The molecule has 1 aromatic rings. The topological polar surface area (TPSA) is 78.5 Å². The summed E-state index contributed by atoms with van der Waals surface area (Å²) >= 11 is 1.63. The van der Waals surface area contributed by atoms with Crippen molar-refractivity contribution in [3.63, 3.8) is 0 Å². The van der Waals surface area contributed by atoms with Gasteiger partial charge in [0.2, 0.25) is 5.91 Å². The maximum absolute atomic E-state index is 13.2. The molecular formula is C20H27N3O3S. The van der Waals surface area contributed by atoms with Crippen LogP contribution in [0.3, 0.4) is 0 Å². The van der Waals surface area contributed by atoms with Crippen molar-refractivity contribution in [2.75, 3.05) is 6.54 Å². The van der Waals surface area contributed by atoms with Crippen molar-refractivity contribution >= 4 is 29.2 Å². The molecule has 1 aliphatic heterocycles. The highest BCUT2D eigenvalue weighted by molar-refractivity contribution is 7.10. The van der Waals surface area contributed by atoms with E-state index in [4.69, 9.17) is 0 Å². The number of hydrogen-bond donors (Lipinski definition) is 2. The molecule has 1 aromatic heterocycles. The lowest BCUT2D eigenvalue weighted by Gasteiger charge is -2.35. The predicted octanol–water partition coefficient (Wildman–Crippen LogP) is 2.77. The van der Waals surface area contributed by atoms with Crippen molar-refractivity contribution in [1.82, 2.24) is 15.5 Å². The molecule has 1 saturated carbocycles. The summed E-state index contributed by atoms with van der Waals surface area (Å²) in [5.74, 6) is 0.446. The Bertz CT molecular complexity index is 776. The van der Waals surface area contributed by atoms with Crippen LogP contribution in [0.4, 0.5) is 4.79 Å². The first kappa shape index (κ1) is 18.5. The van der Waals surface area contributed by atoms with Gasteiger partial charge in [0.15, 0.2) is 0 Å². The largest absolute Gasteiger partial charge is 0.352 e. The average Bonchev–Trinajstić information content (AvgIpc) is 3.20. The number of imide groups is 1. The molecule has 7 heteroatoms. The molecule has 27 heavy (non-hydrogen) atoms. The molecule has 146 valence electrons. The molecule has 1 spiro atoms. The molecule has 4 rings (SSSR count). The minimum atomic E-state index is -0.975. The molecule has 4 atom stereocenters. The van der Waals surface area contributed by atoms with E-state index in [0.717, 1.165) is 41.0 Å². The maximum atomic E-state index is 13.2. The van der Waals surface area contributed by atoms with Crippen LogP contribution in [0.5, 0.6) is 0 Å². The Morgan fingerprint density at radius 1 is 1.33 bits per heavy atom. The molecule has 0 aromatic carbocycles. The maximum Gasteiger partial charge on any atom is 0.325 e.